The average molecular weight is 317 g/mol. The Hall–Kier alpha value is -2.18. The number of ether oxygens (including phenoxy) is 1. The van der Waals surface area contributed by atoms with Gasteiger partial charge in [-0.2, -0.15) is 5.10 Å². The van der Waals surface area contributed by atoms with Gasteiger partial charge in [0, 0.05) is 18.2 Å². The van der Waals surface area contributed by atoms with Crippen molar-refractivity contribution >= 4 is 11.7 Å². The van der Waals surface area contributed by atoms with Gasteiger partial charge in [0.05, 0.1) is 31.9 Å². The molecule has 0 saturated carbocycles. The van der Waals surface area contributed by atoms with Crippen molar-refractivity contribution in [3.63, 3.8) is 0 Å². The summed E-state index contributed by atoms with van der Waals surface area (Å²) in [5.41, 5.74) is 2.89. The summed E-state index contributed by atoms with van der Waals surface area (Å²) in [6.07, 6.45) is 0.290. The molecule has 0 aliphatic carbocycles. The number of carbonyl (C=O) groups is 1. The number of aliphatic hydroxyl groups is 1. The van der Waals surface area contributed by atoms with Crippen molar-refractivity contribution in [3.05, 3.63) is 35.9 Å². The van der Waals surface area contributed by atoms with Crippen molar-refractivity contribution in [2.75, 3.05) is 25.1 Å². The molecule has 124 valence electrons. The molecule has 1 heterocycles. The van der Waals surface area contributed by atoms with Gasteiger partial charge in [-0.25, -0.2) is 4.68 Å². The SMILES string of the molecule is CCOCCC(=O)Nc1cc(-c2ccccc2C)nn1CCO. The van der Waals surface area contributed by atoms with E-state index in [0.29, 0.717) is 25.6 Å². The summed E-state index contributed by atoms with van der Waals surface area (Å²) in [6, 6.07) is 9.76. The van der Waals surface area contributed by atoms with Gasteiger partial charge in [-0.15, -0.1) is 0 Å². The number of nitrogens with zero attached hydrogens (tertiary/aromatic N) is 2. The molecule has 23 heavy (non-hydrogen) atoms. The lowest BCUT2D eigenvalue weighted by Crippen LogP contribution is -2.18. The number of hydrogen-bond donors (Lipinski definition) is 2. The molecule has 0 saturated heterocycles. The highest BCUT2D eigenvalue weighted by molar-refractivity contribution is 5.90. The summed E-state index contributed by atoms with van der Waals surface area (Å²) in [5, 5.41) is 16.5. The molecule has 1 aromatic heterocycles. The van der Waals surface area contributed by atoms with Crippen LogP contribution in [-0.4, -0.2) is 40.6 Å². The maximum absolute atomic E-state index is 12.0. The zero-order chi connectivity index (χ0) is 16.7. The quantitative estimate of drug-likeness (QED) is 0.732. The average Bonchev–Trinajstić information content (AvgIpc) is 2.91. The van der Waals surface area contributed by atoms with Gasteiger partial charge in [0.15, 0.2) is 0 Å². The summed E-state index contributed by atoms with van der Waals surface area (Å²) in [7, 11) is 0. The predicted molar refractivity (Wildman–Crippen MR) is 89.2 cm³/mol. The molecule has 0 spiro atoms. The van der Waals surface area contributed by atoms with Gasteiger partial charge in [0.1, 0.15) is 5.82 Å². The maximum Gasteiger partial charge on any atom is 0.227 e. The van der Waals surface area contributed by atoms with Crippen LogP contribution in [0.4, 0.5) is 5.82 Å². The molecule has 0 aliphatic heterocycles. The number of amides is 1. The van der Waals surface area contributed by atoms with Crippen molar-refractivity contribution in [1.29, 1.82) is 0 Å². The minimum atomic E-state index is -0.131. The Morgan fingerprint density at radius 3 is 2.87 bits per heavy atom. The van der Waals surface area contributed by atoms with Crippen LogP contribution >= 0.6 is 0 Å². The number of benzene rings is 1. The predicted octanol–water partition coefficient (Wildman–Crippen LogP) is 2.22. The third-order valence-electron chi connectivity index (χ3n) is 3.46. The van der Waals surface area contributed by atoms with Crippen molar-refractivity contribution in [3.8, 4) is 11.3 Å². The lowest BCUT2D eigenvalue weighted by atomic mass is 10.1. The minimum absolute atomic E-state index is 0.0449. The van der Waals surface area contributed by atoms with E-state index in [1.54, 1.807) is 4.68 Å². The number of anilines is 1. The van der Waals surface area contributed by atoms with E-state index in [2.05, 4.69) is 10.4 Å². The first-order chi connectivity index (χ1) is 11.2. The molecular formula is C17H23N3O3. The molecule has 0 unspecified atom stereocenters. The molecule has 0 radical (unpaired) electrons. The van der Waals surface area contributed by atoms with E-state index in [1.165, 1.54) is 0 Å². The fourth-order valence-electron chi connectivity index (χ4n) is 2.29. The van der Waals surface area contributed by atoms with E-state index in [9.17, 15) is 9.90 Å². The fourth-order valence-corrected chi connectivity index (χ4v) is 2.29. The third kappa shape index (κ3) is 4.64. The smallest absolute Gasteiger partial charge is 0.227 e. The van der Waals surface area contributed by atoms with E-state index in [1.807, 2.05) is 44.2 Å². The maximum atomic E-state index is 12.0. The Morgan fingerprint density at radius 1 is 1.39 bits per heavy atom. The van der Waals surface area contributed by atoms with Crippen LogP contribution in [0.5, 0.6) is 0 Å². The van der Waals surface area contributed by atoms with Crippen LogP contribution in [0.3, 0.4) is 0 Å². The van der Waals surface area contributed by atoms with E-state index in [4.69, 9.17) is 4.74 Å². The van der Waals surface area contributed by atoms with E-state index < -0.39 is 0 Å². The van der Waals surface area contributed by atoms with Crippen LogP contribution in [0, 0.1) is 6.92 Å². The Morgan fingerprint density at radius 2 is 2.17 bits per heavy atom. The Balaban J connectivity index is 2.18. The van der Waals surface area contributed by atoms with E-state index >= 15 is 0 Å². The van der Waals surface area contributed by atoms with Crippen molar-refractivity contribution in [2.45, 2.75) is 26.8 Å². The standard InChI is InChI=1S/C17H23N3O3/c1-3-23-11-8-17(22)18-16-12-15(19-20(16)9-10-21)14-7-5-4-6-13(14)2/h4-7,12,21H,3,8-11H2,1-2H3,(H,18,22). The van der Waals surface area contributed by atoms with Gasteiger partial charge in [0.25, 0.3) is 0 Å². The van der Waals surface area contributed by atoms with Crippen molar-refractivity contribution in [1.82, 2.24) is 9.78 Å². The molecule has 2 aromatic rings. The second-order valence-electron chi connectivity index (χ2n) is 5.17. The van der Waals surface area contributed by atoms with Crippen LogP contribution in [0.2, 0.25) is 0 Å². The highest BCUT2D eigenvalue weighted by Crippen LogP contribution is 2.25. The highest BCUT2D eigenvalue weighted by atomic mass is 16.5. The molecule has 1 amide bonds. The van der Waals surface area contributed by atoms with Crippen molar-refractivity contribution < 1.29 is 14.6 Å². The molecule has 1 aromatic carbocycles. The van der Waals surface area contributed by atoms with Gasteiger partial charge in [-0.1, -0.05) is 24.3 Å². The number of aliphatic hydroxyl groups excluding tert-OH is 1. The van der Waals surface area contributed by atoms with E-state index in [0.717, 1.165) is 16.8 Å². The number of aromatic nitrogens is 2. The van der Waals surface area contributed by atoms with Crippen LogP contribution < -0.4 is 5.32 Å². The normalized spacial score (nSPS) is 10.7. The molecule has 0 aliphatic rings. The Kier molecular flexibility index (Phi) is 6.31. The highest BCUT2D eigenvalue weighted by Gasteiger charge is 2.13. The lowest BCUT2D eigenvalue weighted by Gasteiger charge is -2.07. The van der Waals surface area contributed by atoms with Gasteiger partial charge in [-0.3, -0.25) is 4.79 Å². The number of aryl methyl sites for hydroxylation is 1. The molecule has 0 atom stereocenters. The molecule has 2 rings (SSSR count). The molecule has 6 heteroatoms. The third-order valence-corrected chi connectivity index (χ3v) is 3.46. The first kappa shape index (κ1) is 17.2. The minimum Gasteiger partial charge on any atom is -0.394 e. The second kappa shape index (κ2) is 8.45. The fraction of sp³-hybridized carbons (Fsp3) is 0.412. The molecule has 0 bridgehead atoms. The zero-order valence-electron chi connectivity index (χ0n) is 13.6. The van der Waals surface area contributed by atoms with Crippen LogP contribution in [-0.2, 0) is 16.1 Å². The number of hydrogen-bond acceptors (Lipinski definition) is 4. The summed E-state index contributed by atoms with van der Waals surface area (Å²) in [6.45, 7) is 5.17. The molecule has 0 fully saturated rings. The summed E-state index contributed by atoms with van der Waals surface area (Å²) < 4.78 is 6.80. The van der Waals surface area contributed by atoms with Gasteiger partial charge >= 0.3 is 0 Å². The largest absolute Gasteiger partial charge is 0.394 e. The lowest BCUT2D eigenvalue weighted by molar-refractivity contribution is -0.117. The van der Waals surface area contributed by atoms with Crippen LogP contribution in [0.15, 0.2) is 30.3 Å². The topological polar surface area (TPSA) is 76.4 Å². The Bertz CT molecular complexity index is 652. The first-order valence-electron chi connectivity index (χ1n) is 7.78. The number of rotatable bonds is 8. The first-order valence-corrected chi connectivity index (χ1v) is 7.78. The monoisotopic (exact) mass is 317 g/mol. The van der Waals surface area contributed by atoms with Gasteiger partial charge in [-0.05, 0) is 19.4 Å². The van der Waals surface area contributed by atoms with E-state index in [-0.39, 0.29) is 18.9 Å². The molecule has 2 N–H and O–H groups in total. The van der Waals surface area contributed by atoms with Crippen LogP contribution in [0.1, 0.15) is 18.9 Å². The van der Waals surface area contributed by atoms with Gasteiger partial charge in [0.2, 0.25) is 5.91 Å². The summed E-state index contributed by atoms with van der Waals surface area (Å²) in [4.78, 5) is 12.0. The Labute approximate surface area is 136 Å². The number of nitrogens with one attached hydrogen (secondary N) is 1. The van der Waals surface area contributed by atoms with Crippen LogP contribution in [0.25, 0.3) is 11.3 Å². The molecular weight excluding hydrogens is 294 g/mol. The summed E-state index contributed by atoms with van der Waals surface area (Å²) in [5.74, 6) is 0.452. The van der Waals surface area contributed by atoms with Gasteiger partial charge < -0.3 is 15.2 Å². The summed E-state index contributed by atoms with van der Waals surface area (Å²) >= 11 is 0. The second-order valence-corrected chi connectivity index (χ2v) is 5.17. The molecule has 6 nitrogen and oxygen atoms in total. The van der Waals surface area contributed by atoms with Crippen molar-refractivity contribution in [2.24, 2.45) is 0 Å². The zero-order valence-corrected chi connectivity index (χ0v) is 13.6. The number of carbonyl (C=O) groups excluding carboxylic acids is 1.